The van der Waals surface area contributed by atoms with Gasteiger partial charge in [0.05, 0.1) is 18.8 Å². The molecule has 1 aromatic carbocycles. The van der Waals surface area contributed by atoms with Gasteiger partial charge in [-0.1, -0.05) is 6.92 Å². The molecule has 0 radical (unpaired) electrons. The van der Waals surface area contributed by atoms with Gasteiger partial charge in [0.1, 0.15) is 5.75 Å². The summed E-state index contributed by atoms with van der Waals surface area (Å²) >= 11 is 0. The van der Waals surface area contributed by atoms with Crippen molar-refractivity contribution in [2.75, 3.05) is 7.11 Å². The van der Waals surface area contributed by atoms with Crippen LogP contribution in [-0.4, -0.2) is 23.6 Å². The predicted octanol–water partition coefficient (Wildman–Crippen LogP) is 2.63. The van der Waals surface area contributed by atoms with E-state index in [2.05, 4.69) is 0 Å². The topological polar surface area (TPSA) is 57.5 Å². The van der Waals surface area contributed by atoms with Gasteiger partial charge >= 0.3 is 5.97 Å². The second-order valence-electron chi connectivity index (χ2n) is 4.09. The van der Waals surface area contributed by atoms with Crippen LogP contribution in [0.15, 0.2) is 24.4 Å². The second-order valence-corrected chi connectivity index (χ2v) is 4.09. The molecule has 0 aliphatic carbocycles. The van der Waals surface area contributed by atoms with E-state index in [9.17, 15) is 9.59 Å². The first kappa shape index (κ1) is 13.1. The highest BCUT2D eigenvalue weighted by atomic mass is 16.5. The highest BCUT2D eigenvalue weighted by molar-refractivity contribution is 5.97. The molecule has 0 saturated carbocycles. The van der Waals surface area contributed by atoms with Crippen LogP contribution in [-0.2, 0) is 4.79 Å². The summed E-state index contributed by atoms with van der Waals surface area (Å²) in [4.78, 5) is 23.0. The molecule has 1 aromatic heterocycles. The number of benzene rings is 1. The maximum atomic E-state index is 11.6. The molecule has 0 atom stereocenters. The lowest BCUT2D eigenvalue weighted by molar-refractivity contribution is -0.133. The average Bonchev–Trinajstić information content (AvgIpc) is 2.76. The number of fused-ring (bicyclic) bond motifs is 1. The van der Waals surface area contributed by atoms with Crippen LogP contribution < -0.4 is 9.47 Å². The number of rotatable bonds is 3. The van der Waals surface area contributed by atoms with Gasteiger partial charge in [0.25, 0.3) is 0 Å². The Morgan fingerprint density at radius 1 is 1.32 bits per heavy atom. The molecule has 5 nitrogen and oxygen atoms in total. The number of hydrogen-bond donors (Lipinski definition) is 0. The first-order chi connectivity index (χ1) is 9.06. The summed E-state index contributed by atoms with van der Waals surface area (Å²) in [5, 5.41) is 0.706. The van der Waals surface area contributed by atoms with Crippen molar-refractivity contribution in [3.8, 4) is 11.5 Å². The maximum Gasteiger partial charge on any atom is 0.310 e. The van der Waals surface area contributed by atoms with E-state index < -0.39 is 0 Å². The van der Waals surface area contributed by atoms with Crippen molar-refractivity contribution in [3.05, 3.63) is 24.4 Å². The minimum absolute atomic E-state index is 0.156. The minimum Gasteiger partial charge on any atom is -0.497 e. The van der Waals surface area contributed by atoms with Crippen LogP contribution in [0, 0.1) is 0 Å². The van der Waals surface area contributed by atoms with E-state index in [1.54, 1.807) is 32.2 Å². The lowest BCUT2D eigenvalue weighted by atomic mass is 10.2. The first-order valence-electron chi connectivity index (χ1n) is 5.97. The fraction of sp³-hybridized carbons (Fsp3) is 0.286. The Balaban J connectivity index is 2.60. The second kappa shape index (κ2) is 5.14. The summed E-state index contributed by atoms with van der Waals surface area (Å²) in [5.41, 5.74) is 0.658. The van der Waals surface area contributed by atoms with Crippen LogP contribution >= 0.6 is 0 Å². The largest absolute Gasteiger partial charge is 0.497 e. The highest BCUT2D eigenvalue weighted by Gasteiger charge is 2.15. The molecular weight excluding hydrogens is 246 g/mol. The van der Waals surface area contributed by atoms with Gasteiger partial charge < -0.3 is 9.47 Å². The predicted molar refractivity (Wildman–Crippen MR) is 70.7 cm³/mol. The summed E-state index contributed by atoms with van der Waals surface area (Å²) in [7, 11) is 1.56. The smallest absolute Gasteiger partial charge is 0.310 e. The molecule has 0 aliphatic heterocycles. The fourth-order valence-electron chi connectivity index (χ4n) is 1.84. The molecule has 100 valence electrons. The molecule has 0 spiro atoms. The Hall–Kier alpha value is -2.30. The van der Waals surface area contributed by atoms with Gasteiger partial charge in [-0.2, -0.15) is 0 Å². The van der Waals surface area contributed by atoms with Gasteiger partial charge in [-0.05, 0) is 12.1 Å². The van der Waals surface area contributed by atoms with Crippen LogP contribution in [0.2, 0.25) is 0 Å². The van der Waals surface area contributed by atoms with Crippen molar-refractivity contribution < 1.29 is 19.1 Å². The average molecular weight is 261 g/mol. The SMILES string of the molecule is CCC(=O)Oc1cn(C(C)=O)c2cc(OC)ccc12. The van der Waals surface area contributed by atoms with Crippen LogP contribution in [0.3, 0.4) is 0 Å². The number of aromatic nitrogens is 1. The fourth-order valence-corrected chi connectivity index (χ4v) is 1.84. The van der Waals surface area contributed by atoms with Gasteiger partial charge in [0.15, 0.2) is 5.75 Å². The van der Waals surface area contributed by atoms with E-state index in [1.807, 2.05) is 0 Å². The molecule has 0 saturated heterocycles. The van der Waals surface area contributed by atoms with Gasteiger partial charge in [0.2, 0.25) is 5.91 Å². The van der Waals surface area contributed by atoms with Crippen LogP contribution in [0.1, 0.15) is 25.1 Å². The third kappa shape index (κ3) is 2.45. The van der Waals surface area contributed by atoms with Gasteiger partial charge in [-0.15, -0.1) is 0 Å². The normalized spacial score (nSPS) is 10.5. The Bertz CT molecular complexity index is 642. The third-order valence-corrected chi connectivity index (χ3v) is 2.83. The standard InChI is InChI=1S/C14H15NO4/c1-4-14(17)19-13-8-15(9(2)16)12-7-10(18-3)5-6-11(12)13/h5-8H,4H2,1-3H3. The number of esters is 1. The molecule has 0 unspecified atom stereocenters. The van der Waals surface area contributed by atoms with Gasteiger partial charge in [-0.3, -0.25) is 14.2 Å². The van der Waals surface area contributed by atoms with Crippen molar-refractivity contribution in [3.63, 3.8) is 0 Å². The van der Waals surface area contributed by atoms with Gasteiger partial charge in [0, 0.05) is 24.8 Å². The molecule has 0 N–H and O–H groups in total. The molecule has 0 fully saturated rings. The zero-order valence-corrected chi connectivity index (χ0v) is 11.1. The molecule has 0 bridgehead atoms. The number of carbonyl (C=O) groups excluding carboxylic acids is 2. The number of methoxy groups -OCH3 is 1. The molecule has 19 heavy (non-hydrogen) atoms. The Morgan fingerprint density at radius 2 is 2.05 bits per heavy atom. The van der Waals surface area contributed by atoms with Crippen LogP contribution in [0.5, 0.6) is 11.5 Å². The van der Waals surface area contributed by atoms with E-state index in [-0.39, 0.29) is 18.3 Å². The van der Waals surface area contributed by atoms with E-state index in [0.717, 1.165) is 0 Å². The van der Waals surface area contributed by atoms with Crippen molar-refractivity contribution >= 4 is 22.8 Å². The summed E-state index contributed by atoms with van der Waals surface area (Å²) in [5.74, 6) is 0.539. The Kier molecular flexibility index (Phi) is 3.55. The molecule has 2 rings (SSSR count). The van der Waals surface area contributed by atoms with Crippen LogP contribution in [0.25, 0.3) is 10.9 Å². The monoisotopic (exact) mass is 261 g/mol. The first-order valence-corrected chi connectivity index (χ1v) is 5.97. The van der Waals surface area contributed by atoms with Crippen molar-refractivity contribution in [2.24, 2.45) is 0 Å². The zero-order chi connectivity index (χ0) is 14.0. The third-order valence-electron chi connectivity index (χ3n) is 2.83. The number of ether oxygens (including phenoxy) is 2. The number of nitrogens with zero attached hydrogens (tertiary/aromatic N) is 1. The molecule has 2 aromatic rings. The Labute approximate surface area is 110 Å². The zero-order valence-electron chi connectivity index (χ0n) is 11.1. The van der Waals surface area contributed by atoms with Crippen molar-refractivity contribution in [2.45, 2.75) is 20.3 Å². The quantitative estimate of drug-likeness (QED) is 0.797. The summed E-state index contributed by atoms with van der Waals surface area (Å²) < 4.78 is 11.8. The van der Waals surface area contributed by atoms with Crippen LogP contribution in [0.4, 0.5) is 0 Å². The highest BCUT2D eigenvalue weighted by Crippen LogP contribution is 2.31. The lowest BCUT2D eigenvalue weighted by Crippen LogP contribution is -2.06. The van der Waals surface area contributed by atoms with Gasteiger partial charge in [-0.25, -0.2) is 0 Å². The van der Waals surface area contributed by atoms with E-state index in [1.165, 1.54) is 17.7 Å². The molecule has 5 heteroatoms. The molecule has 0 amide bonds. The summed E-state index contributed by atoms with van der Waals surface area (Å²) in [6.07, 6.45) is 1.81. The molecule has 0 aliphatic rings. The summed E-state index contributed by atoms with van der Waals surface area (Å²) in [6.45, 7) is 3.17. The van der Waals surface area contributed by atoms with E-state index >= 15 is 0 Å². The molecule has 1 heterocycles. The number of hydrogen-bond acceptors (Lipinski definition) is 4. The van der Waals surface area contributed by atoms with E-state index in [4.69, 9.17) is 9.47 Å². The minimum atomic E-state index is -0.335. The lowest BCUT2D eigenvalue weighted by Gasteiger charge is -2.02. The Morgan fingerprint density at radius 3 is 2.63 bits per heavy atom. The number of carbonyl (C=O) groups is 2. The van der Waals surface area contributed by atoms with Crippen molar-refractivity contribution in [1.29, 1.82) is 0 Å². The molecular formula is C14H15NO4. The maximum absolute atomic E-state index is 11.6. The summed E-state index contributed by atoms with van der Waals surface area (Å²) in [6, 6.07) is 5.27. The van der Waals surface area contributed by atoms with Crippen molar-refractivity contribution in [1.82, 2.24) is 4.57 Å². The van der Waals surface area contributed by atoms with E-state index in [0.29, 0.717) is 22.4 Å².